The van der Waals surface area contributed by atoms with Crippen LogP contribution in [0.3, 0.4) is 0 Å². The molecule has 0 nitrogen and oxygen atoms in total. The lowest BCUT2D eigenvalue weighted by atomic mass is 9.70. The summed E-state index contributed by atoms with van der Waals surface area (Å²) in [5.74, 6) is 2.78. The summed E-state index contributed by atoms with van der Waals surface area (Å²) >= 11 is 0. The Bertz CT molecular complexity index is 148. The molecule has 0 bridgehead atoms. The van der Waals surface area contributed by atoms with Gasteiger partial charge in [0.25, 0.3) is 0 Å². The molecule has 1 rings (SSSR count). The average molecular weight is 168 g/mol. The maximum Gasteiger partial charge on any atom is -0.0295 e. The zero-order valence-corrected chi connectivity index (χ0v) is 9.35. The van der Waals surface area contributed by atoms with E-state index in [4.69, 9.17) is 0 Å². The molecule has 1 aliphatic carbocycles. The lowest BCUT2D eigenvalue weighted by Gasteiger charge is -2.35. The van der Waals surface area contributed by atoms with Crippen molar-refractivity contribution in [3.05, 3.63) is 0 Å². The molecule has 1 fully saturated rings. The lowest BCUT2D eigenvalue weighted by Crippen LogP contribution is -2.28. The summed E-state index contributed by atoms with van der Waals surface area (Å²) in [6, 6.07) is 0. The summed E-state index contributed by atoms with van der Waals surface area (Å²) in [7, 11) is 0. The summed E-state index contributed by atoms with van der Waals surface area (Å²) < 4.78 is 0. The zero-order chi connectivity index (χ0) is 9.35. The van der Waals surface area contributed by atoms with E-state index in [9.17, 15) is 0 Å². The molecule has 3 atom stereocenters. The predicted molar refractivity (Wildman–Crippen MR) is 55.1 cm³/mol. The van der Waals surface area contributed by atoms with Crippen molar-refractivity contribution in [3.8, 4) is 0 Å². The number of hydrogen-bond acceptors (Lipinski definition) is 0. The lowest BCUT2D eigenvalue weighted by molar-refractivity contribution is 0.138. The van der Waals surface area contributed by atoms with Crippen LogP contribution in [0.1, 0.15) is 53.9 Å². The van der Waals surface area contributed by atoms with Crippen LogP contribution in [0.2, 0.25) is 0 Å². The molecule has 0 spiro atoms. The second kappa shape index (κ2) is 3.40. The van der Waals surface area contributed by atoms with Crippen molar-refractivity contribution >= 4 is 0 Å². The highest BCUT2D eigenvalue weighted by Gasteiger charge is 2.42. The summed E-state index contributed by atoms with van der Waals surface area (Å²) in [5.41, 5.74) is 0.646. The van der Waals surface area contributed by atoms with E-state index in [2.05, 4.69) is 34.6 Å². The van der Waals surface area contributed by atoms with Gasteiger partial charge in [0.05, 0.1) is 0 Å². The SMILES string of the molecule is CCC1(C)CCC(C)C1C(C)C. The zero-order valence-electron chi connectivity index (χ0n) is 9.35. The highest BCUT2D eigenvalue weighted by Crippen LogP contribution is 2.51. The summed E-state index contributed by atoms with van der Waals surface area (Å²) in [6.07, 6.45) is 4.26. The first-order valence-electron chi connectivity index (χ1n) is 5.51. The minimum Gasteiger partial charge on any atom is -0.0649 e. The molecular weight excluding hydrogens is 144 g/mol. The minimum absolute atomic E-state index is 0.646. The maximum absolute atomic E-state index is 2.49. The Morgan fingerprint density at radius 1 is 1.42 bits per heavy atom. The third-order valence-electron chi connectivity index (χ3n) is 4.11. The summed E-state index contributed by atoms with van der Waals surface area (Å²) in [6.45, 7) is 12.1. The second-order valence-electron chi connectivity index (χ2n) is 5.29. The first-order chi connectivity index (χ1) is 5.51. The Morgan fingerprint density at radius 3 is 2.33 bits per heavy atom. The molecule has 0 radical (unpaired) electrons. The number of hydrogen-bond donors (Lipinski definition) is 0. The molecule has 0 aromatic heterocycles. The molecule has 0 heterocycles. The van der Waals surface area contributed by atoms with Gasteiger partial charge >= 0.3 is 0 Å². The van der Waals surface area contributed by atoms with E-state index in [0.717, 1.165) is 17.8 Å². The van der Waals surface area contributed by atoms with Crippen LogP contribution >= 0.6 is 0 Å². The molecule has 1 saturated carbocycles. The van der Waals surface area contributed by atoms with Gasteiger partial charge in [0, 0.05) is 0 Å². The van der Waals surface area contributed by atoms with Crippen LogP contribution in [0.25, 0.3) is 0 Å². The van der Waals surface area contributed by atoms with Gasteiger partial charge in [-0.15, -0.1) is 0 Å². The van der Waals surface area contributed by atoms with E-state index in [1.165, 1.54) is 19.3 Å². The van der Waals surface area contributed by atoms with E-state index >= 15 is 0 Å². The molecule has 3 unspecified atom stereocenters. The summed E-state index contributed by atoms with van der Waals surface area (Å²) in [4.78, 5) is 0. The third-order valence-corrected chi connectivity index (χ3v) is 4.11. The van der Waals surface area contributed by atoms with Crippen LogP contribution < -0.4 is 0 Å². The smallest absolute Gasteiger partial charge is 0.0295 e. The van der Waals surface area contributed by atoms with E-state index < -0.39 is 0 Å². The van der Waals surface area contributed by atoms with E-state index in [1.54, 1.807) is 0 Å². The van der Waals surface area contributed by atoms with Crippen molar-refractivity contribution in [2.45, 2.75) is 53.9 Å². The molecule has 0 aliphatic heterocycles. The molecule has 12 heavy (non-hydrogen) atoms. The normalized spacial score (nSPS) is 42.5. The van der Waals surface area contributed by atoms with Crippen molar-refractivity contribution in [3.63, 3.8) is 0 Å². The quantitative estimate of drug-likeness (QED) is 0.582. The standard InChI is InChI=1S/C12H24/c1-6-12(5)8-7-10(4)11(12)9(2)3/h9-11H,6-8H2,1-5H3. The fraction of sp³-hybridized carbons (Fsp3) is 1.00. The summed E-state index contributed by atoms with van der Waals surface area (Å²) in [5, 5.41) is 0. The van der Waals surface area contributed by atoms with Gasteiger partial charge in [-0.1, -0.05) is 41.0 Å². The fourth-order valence-corrected chi connectivity index (χ4v) is 3.46. The topological polar surface area (TPSA) is 0 Å². The van der Waals surface area contributed by atoms with Crippen LogP contribution in [0, 0.1) is 23.2 Å². The Balaban J connectivity index is 2.77. The number of rotatable bonds is 2. The predicted octanol–water partition coefficient (Wildman–Crippen LogP) is 4.10. The van der Waals surface area contributed by atoms with Gasteiger partial charge in [0.1, 0.15) is 0 Å². The molecule has 72 valence electrons. The third kappa shape index (κ3) is 1.53. The molecule has 0 saturated heterocycles. The van der Waals surface area contributed by atoms with Gasteiger partial charge in [-0.3, -0.25) is 0 Å². The maximum atomic E-state index is 2.49. The van der Waals surface area contributed by atoms with Crippen molar-refractivity contribution < 1.29 is 0 Å². The van der Waals surface area contributed by atoms with Gasteiger partial charge in [0.15, 0.2) is 0 Å². The first kappa shape index (κ1) is 10.1. The molecule has 0 heteroatoms. The molecular formula is C12H24. The van der Waals surface area contributed by atoms with Crippen LogP contribution in [0.15, 0.2) is 0 Å². The van der Waals surface area contributed by atoms with Crippen molar-refractivity contribution in [1.82, 2.24) is 0 Å². The van der Waals surface area contributed by atoms with Gasteiger partial charge in [-0.2, -0.15) is 0 Å². The molecule has 0 amide bonds. The van der Waals surface area contributed by atoms with Crippen molar-refractivity contribution in [1.29, 1.82) is 0 Å². The highest BCUT2D eigenvalue weighted by atomic mass is 14.5. The highest BCUT2D eigenvalue weighted by molar-refractivity contribution is 4.92. The van der Waals surface area contributed by atoms with E-state index in [0.29, 0.717) is 5.41 Å². The van der Waals surface area contributed by atoms with Crippen molar-refractivity contribution in [2.24, 2.45) is 23.2 Å². The molecule has 0 N–H and O–H groups in total. The van der Waals surface area contributed by atoms with Gasteiger partial charge in [-0.05, 0) is 36.0 Å². The van der Waals surface area contributed by atoms with Gasteiger partial charge in [0.2, 0.25) is 0 Å². The average Bonchev–Trinajstić information content (AvgIpc) is 2.28. The second-order valence-corrected chi connectivity index (χ2v) is 5.29. The van der Waals surface area contributed by atoms with Crippen LogP contribution in [-0.2, 0) is 0 Å². The van der Waals surface area contributed by atoms with Crippen LogP contribution in [0.4, 0.5) is 0 Å². The largest absolute Gasteiger partial charge is 0.0649 e. The Hall–Kier alpha value is 0. The van der Waals surface area contributed by atoms with Gasteiger partial charge < -0.3 is 0 Å². The molecule has 1 aliphatic rings. The Kier molecular flexibility index (Phi) is 2.85. The monoisotopic (exact) mass is 168 g/mol. The fourth-order valence-electron chi connectivity index (χ4n) is 3.46. The van der Waals surface area contributed by atoms with Crippen molar-refractivity contribution in [2.75, 3.05) is 0 Å². The van der Waals surface area contributed by atoms with Gasteiger partial charge in [-0.25, -0.2) is 0 Å². The Morgan fingerprint density at radius 2 is 2.00 bits per heavy atom. The molecule has 0 aromatic carbocycles. The molecule has 0 aromatic rings. The van der Waals surface area contributed by atoms with Crippen LogP contribution in [-0.4, -0.2) is 0 Å². The Labute approximate surface area is 77.7 Å². The van der Waals surface area contributed by atoms with E-state index in [-0.39, 0.29) is 0 Å². The van der Waals surface area contributed by atoms with E-state index in [1.807, 2.05) is 0 Å². The first-order valence-corrected chi connectivity index (χ1v) is 5.51. The van der Waals surface area contributed by atoms with Crippen LogP contribution in [0.5, 0.6) is 0 Å². The minimum atomic E-state index is 0.646.